The predicted molar refractivity (Wildman–Crippen MR) is 118 cm³/mol. The maximum atomic E-state index is 12.0. The van der Waals surface area contributed by atoms with Crippen LogP contribution in [0.15, 0.2) is 109 Å². The molecule has 0 aliphatic carbocycles. The molecule has 0 atom stereocenters. The quantitative estimate of drug-likeness (QED) is 0.358. The van der Waals surface area contributed by atoms with E-state index in [1.807, 2.05) is 60.7 Å². The number of nitrogen functional groups attached to an aromatic ring is 2. The summed E-state index contributed by atoms with van der Waals surface area (Å²) in [5.74, 6) is 1.71. The van der Waals surface area contributed by atoms with Crippen molar-refractivity contribution in [3.05, 3.63) is 120 Å². The number of hydrogen-bond acceptors (Lipinski definition) is 4. The fourth-order valence-electron chi connectivity index (χ4n) is 2.55. The fourth-order valence-corrected chi connectivity index (χ4v) is 2.55. The molecule has 0 fully saturated rings. The molecule has 0 amide bonds. The van der Waals surface area contributed by atoms with Crippen molar-refractivity contribution in [3.8, 4) is 11.5 Å². The van der Waals surface area contributed by atoms with Crippen LogP contribution in [0.4, 0.5) is 11.4 Å². The molecule has 0 aromatic heterocycles. The number of ether oxygens (including phenoxy) is 1. The zero-order chi connectivity index (χ0) is 20.5. The van der Waals surface area contributed by atoms with Gasteiger partial charge in [-0.1, -0.05) is 36.4 Å². The summed E-state index contributed by atoms with van der Waals surface area (Å²) in [6.45, 7) is 0. The van der Waals surface area contributed by atoms with E-state index in [1.165, 1.54) is 0 Å². The smallest absolute Gasteiger partial charge is 0.193 e. The van der Waals surface area contributed by atoms with E-state index < -0.39 is 0 Å². The predicted octanol–water partition coefficient (Wildman–Crippen LogP) is 5.56. The van der Waals surface area contributed by atoms with E-state index in [-0.39, 0.29) is 5.78 Å². The van der Waals surface area contributed by atoms with Gasteiger partial charge in [0.05, 0.1) is 0 Å². The average Bonchev–Trinajstić information content (AvgIpc) is 2.76. The van der Waals surface area contributed by atoms with Crippen LogP contribution in [0.3, 0.4) is 0 Å². The van der Waals surface area contributed by atoms with Crippen molar-refractivity contribution in [1.29, 1.82) is 0 Å². The second-order valence-corrected chi connectivity index (χ2v) is 6.30. The third-order valence-electron chi connectivity index (χ3n) is 4.07. The first-order valence-corrected chi connectivity index (χ1v) is 9.15. The molecule has 0 unspecified atom stereocenters. The third kappa shape index (κ3) is 5.97. The van der Waals surface area contributed by atoms with E-state index in [2.05, 4.69) is 0 Å². The van der Waals surface area contributed by atoms with Crippen molar-refractivity contribution in [1.82, 2.24) is 0 Å². The molecule has 0 aliphatic rings. The standard InChI is InChI=1S/C13H12N2O.C12H10O/c14-11-5-1-9(2-6-11)13(16)10-3-7-12(15)8-4-10;1-3-7-11(8-4-1)13-12-9-5-2-6-10-12/h1-8H,14-15H2;1-10H. The number of anilines is 2. The van der Waals surface area contributed by atoms with Gasteiger partial charge in [0.25, 0.3) is 0 Å². The second kappa shape index (κ2) is 9.76. The van der Waals surface area contributed by atoms with Gasteiger partial charge in [0.15, 0.2) is 5.78 Å². The molecule has 29 heavy (non-hydrogen) atoms. The average molecular weight is 382 g/mol. The highest BCUT2D eigenvalue weighted by molar-refractivity contribution is 6.09. The van der Waals surface area contributed by atoms with Crippen molar-refractivity contribution >= 4 is 17.2 Å². The molecule has 4 aromatic carbocycles. The summed E-state index contributed by atoms with van der Waals surface area (Å²) in [4.78, 5) is 12.0. The Labute approximate surface area is 170 Å². The monoisotopic (exact) mass is 382 g/mol. The van der Waals surface area contributed by atoms with Gasteiger partial charge in [0.2, 0.25) is 0 Å². The molecule has 0 saturated carbocycles. The van der Waals surface area contributed by atoms with Gasteiger partial charge in [-0.15, -0.1) is 0 Å². The van der Waals surface area contributed by atoms with Gasteiger partial charge in [0.1, 0.15) is 11.5 Å². The lowest BCUT2D eigenvalue weighted by Crippen LogP contribution is -2.01. The van der Waals surface area contributed by atoms with Gasteiger partial charge in [-0.25, -0.2) is 0 Å². The molecule has 4 N–H and O–H groups in total. The minimum Gasteiger partial charge on any atom is -0.457 e. The Balaban J connectivity index is 0.000000169. The first kappa shape index (κ1) is 19.7. The van der Waals surface area contributed by atoms with Crippen LogP contribution in [0.1, 0.15) is 15.9 Å². The summed E-state index contributed by atoms with van der Waals surface area (Å²) < 4.78 is 5.58. The van der Waals surface area contributed by atoms with Crippen molar-refractivity contribution in [2.45, 2.75) is 0 Å². The number of benzene rings is 4. The molecule has 0 aliphatic heterocycles. The van der Waals surface area contributed by atoms with Gasteiger partial charge in [-0.2, -0.15) is 0 Å². The Morgan fingerprint density at radius 3 is 1.21 bits per heavy atom. The molecular formula is C25H22N2O2. The van der Waals surface area contributed by atoms with Crippen LogP contribution in [0.25, 0.3) is 0 Å². The first-order valence-electron chi connectivity index (χ1n) is 9.15. The molecule has 144 valence electrons. The van der Waals surface area contributed by atoms with E-state index in [1.54, 1.807) is 48.5 Å². The van der Waals surface area contributed by atoms with Crippen LogP contribution >= 0.6 is 0 Å². The number of ketones is 1. The summed E-state index contributed by atoms with van der Waals surface area (Å²) in [7, 11) is 0. The zero-order valence-corrected chi connectivity index (χ0v) is 15.9. The van der Waals surface area contributed by atoms with Gasteiger partial charge >= 0.3 is 0 Å². The van der Waals surface area contributed by atoms with Crippen LogP contribution in [0.2, 0.25) is 0 Å². The van der Waals surface area contributed by atoms with Crippen LogP contribution in [-0.2, 0) is 0 Å². The number of carbonyl (C=O) groups is 1. The van der Waals surface area contributed by atoms with Crippen LogP contribution < -0.4 is 16.2 Å². The van der Waals surface area contributed by atoms with E-state index in [0.29, 0.717) is 22.5 Å². The van der Waals surface area contributed by atoms with Crippen molar-refractivity contribution in [2.24, 2.45) is 0 Å². The minimum absolute atomic E-state index is 0.0278. The molecule has 4 heteroatoms. The van der Waals surface area contributed by atoms with Gasteiger partial charge in [-0.05, 0) is 72.8 Å². The number of hydrogen-bond donors (Lipinski definition) is 2. The fraction of sp³-hybridized carbons (Fsp3) is 0. The lowest BCUT2D eigenvalue weighted by molar-refractivity contribution is 0.103. The van der Waals surface area contributed by atoms with Crippen molar-refractivity contribution in [2.75, 3.05) is 11.5 Å². The van der Waals surface area contributed by atoms with Crippen LogP contribution in [0.5, 0.6) is 11.5 Å². The van der Waals surface area contributed by atoms with Gasteiger partial charge < -0.3 is 16.2 Å². The van der Waals surface area contributed by atoms with E-state index >= 15 is 0 Å². The Kier molecular flexibility index (Phi) is 6.63. The minimum atomic E-state index is -0.0278. The SMILES string of the molecule is Nc1ccc(C(=O)c2ccc(N)cc2)cc1.c1ccc(Oc2ccccc2)cc1. The number of para-hydroxylation sites is 2. The molecule has 4 rings (SSSR count). The highest BCUT2D eigenvalue weighted by atomic mass is 16.5. The zero-order valence-electron chi connectivity index (χ0n) is 15.9. The molecule has 0 heterocycles. The third-order valence-corrected chi connectivity index (χ3v) is 4.07. The lowest BCUT2D eigenvalue weighted by atomic mass is 10.0. The number of carbonyl (C=O) groups excluding carboxylic acids is 1. The lowest BCUT2D eigenvalue weighted by Gasteiger charge is -2.03. The highest BCUT2D eigenvalue weighted by Gasteiger charge is 2.07. The molecule has 4 nitrogen and oxygen atoms in total. The molecule has 0 radical (unpaired) electrons. The van der Waals surface area contributed by atoms with Gasteiger partial charge in [0, 0.05) is 22.5 Å². The van der Waals surface area contributed by atoms with E-state index in [0.717, 1.165) is 11.5 Å². The number of nitrogens with two attached hydrogens (primary N) is 2. The topological polar surface area (TPSA) is 78.3 Å². The highest BCUT2D eigenvalue weighted by Crippen LogP contribution is 2.19. The van der Waals surface area contributed by atoms with Crippen molar-refractivity contribution < 1.29 is 9.53 Å². The normalized spacial score (nSPS) is 9.79. The van der Waals surface area contributed by atoms with Crippen LogP contribution in [-0.4, -0.2) is 5.78 Å². The molecule has 4 aromatic rings. The summed E-state index contributed by atoms with van der Waals surface area (Å²) in [5, 5.41) is 0. The Morgan fingerprint density at radius 2 is 0.862 bits per heavy atom. The maximum absolute atomic E-state index is 12.0. The summed E-state index contributed by atoms with van der Waals surface area (Å²) in [6.07, 6.45) is 0. The molecule has 0 spiro atoms. The number of rotatable bonds is 4. The van der Waals surface area contributed by atoms with Crippen LogP contribution in [0, 0.1) is 0 Å². The van der Waals surface area contributed by atoms with Gasteiger partial charge in [-0.3, -0.25) is 4.79 Å². The van der Waals surface area contributed by atoms with E-state index in [9.17, 15) is 4.79 Å². The maximum Gasteiger partial charge on any atom is 0.193 e. The molecule has 0 bridgehead atoms. The summed E-state index contributed by atoms with van der Waals surface area (Å²) in [5.41, 5.74) is 13.7. The van der Waals surface area contributed by atoms with Crippen molar-refractivity contribution in [3.63, 3.8) is 0 Å². The Morgan fingerprint density at radius 1 is 0.517 bits per heavy atom. The Hall–Kier alpha value is -4.05. The largest absolute Gasteiger partial charge is 0.457 e. The molecular weight excluding hydrogens is 360 g/mol. The molecule has 0 saturated heterocycles. The second-order valence-electron chi connectivity index (χ2n) is 6.30. The Bertz CT molecular complexity index is 945. The summed E-state index contributed by atoms with van der Waals surface area (Å²) in [6, 6.07) is 33.2. The summed E-state index contributed by atoms with van der Waals surface area (Å²) >= 11 is 0. The first-order chi connectivity index (χ1) is 14.1. The van der Waals surface area contributed by atoms with E-state index in [4.69, 9.17) is 16.2 Å².